The second-order valence-corrected chi connectivity index (χ2v) is 8.01. The Hall–Kier alpha value is -2.28. The average molecular weight is 537 g/mol. The van der Waals surface area contributed by atoms with Crippen LogP contribution in [0.25, 0.3) is 0 Å². The van der Waals surface area contributed by atoms with Gasteiger partial charge in [-0.2, -0.15) is 0 Å². The van der Waals surface area contributed by atoms with Crippen molar-refractivity contribution < 1.29 is 57.1 Å². The van der Waals surface area contributed by atoms with Gasteiger partial charge >= 0.3 is 23.9 Å². The topological polar surface area (TPSA) is 142 Å². The maximum atomic E-state index is 11.3. The van der Waals surface area contributed by atoms with Gasteiger partial charge in [-0.05, 0) is 0 Å². The molecule has 0 amide bonds. The average Bonchev–Trinajstić information content (AvgIpc) is 2.91. The fraction of sp³-hybridized carbons (Fsp3) is 0.840. The molecule has 0 radical (unpaired) electrons. The van der Waals surface area contributed by atoms with Gasteiger partial charge < -0.3 is 37.9 Å². The molecule has 0 aliphatic carbocycles. The molecule has 0 aromatic heterocycles. The van der Waals surface area contributed by atoms with Crippen molar-refractivity contribution >= 4 is 23.9 Å². The van der Waals surface area contributed by atoms with Crippen LogP contribution in [0.2, 0.25) is 0 Å². The summed E-state index contributed by atoms with van der Waals surface area (Å²) < 4.78 is 43.2. The van der Waals surface area contributed by atoms with E-state index >= 15 is 0 Å². The highest BCUT2D eigenvalue weighted by Crippen LogP contribution is 2.21. The molecular weight excluding hydrogens is 492 g/mol. The molecule has 0 spiro atoms. The summed E-state index contributed by atoms with van der Waals surface area (Å²) >= 11 is 0. The third-order valence-electron chi connectivity index (χ3n) is 4.75. The van der Waals surface area contributed by atoms with Crippen LogP contribution in [0.1, 0.15) is 53.4 Å². The van der Waals surface area contributed by atoms with Crippen LogP contribution in [0.5, 0.6) is 0 Å². The molecule has 37 heavy (non-hydrogen) atoms. The van der Waals surface area contributed by atoms with Gasteiger partial charge in [0.1, 0.15) is 26.4 Å². The van der Waals surface area contributed by atoms with Crippen molar-refractivity contribution in [2.45, 2.75) is 53.4 Å². The summed E-state index contributed by atoms with van der Waals surface area (Å²) in [6.45, 7) is 8.35. The summed E-state index contributed by atoms with van der Waals surface area (Å²) in [7, 11) is 0. The van der Waals surface area contributed by atoms with Crippen molar-refractivity contribution in [3.8, 4) is 0 Å². The first kappa shape index (κ1) is 34.7. The Morgan fingerprint density at radius 2 is 0.622 bits per heavy atom. The van der Waals surface area contributed by atoms with Gasteiger partial charge in [0.15, 0.2) is 0 Å². The van der Waals surface area contributed by atoms with Crippen molar-refractivity contribution in [2.75, 3.05) is 79.3 Å². The predicted molar refractivity (Wildman–Crippen MR) is 131 cm³/mol. The quantitative estimate of drug-likeness (QED) is 0.101. The minimum absolute atomic E-state index is 0.0955. The molecule has 0 aromatic rings. The van der Waals surface area contributed by atoms with Crippen LogP contribution in [0, 0.1) is 5.41 Å². The maximum absolute atomic E-state index is 11.3. The van der Waals surface area contributed by atoms with Crippen LogP contribution in [-0.4, -0.2) is 103 Å². The van der Waals surface area contributed by atoms with Crippen molar-refractivity contribution in [1.29, 1.82) is 0 Å². The normalized spacial score (nSPS) is 11.1. The van der Waals surface area contributed by atoms with E-state index in [1.807, 2.05) is 0 Å². The monoisotopic (exact) mass is 536 g/mol. The van der Waals surface area contributed by atoms with Crippen LogP contribution in [0.15, 0.2) is 0 Å². The Morgan fingerprint density at radius 3 is 0.811 bits per heavy atom. The van der Waals surface area contributed by atoms with E-state index in [9.17, 15) is 19.2 Å². The summed E-state index contributed by atoms with van der Waals surface area (Å²) in [5, 5.41) is 0. The molecule has 0 saturated carbocycles. The van der Waals surface area contributed by atoms with Gasteiger partial charge in [-0.15, -0.1) is 0 Å². The lowest BCUT2D eigenvalue weighted by Gasteiger charge is -2.33. The molecule has 0 saturated heterocycles. The number of ether oxygens (including phenoxy) is 8. The van der Waals surface area contributed by atoms with Crippen LogP contribution >= 0.6 is 0 Å². The standard InChI is InChI=1S/C25H44O12/c1-5-21(26)34-13-9-30-17-25(18-31-10-14-35-22(27)6-2,19-32-11-15-36-23(28)7-3)20-33-12-16-37-24(29)8-4/h5-20H2,1-4H3. The fourth-order valence-electron chi connectivity index (χ4n) is 2.67. The summed E-state index contributed by atoms with van der Waals surface area (Å²) in [4.78, 5) is 45.4. The Bertz CT molecular complexity index is 528. The minimum atomic E-state index is -0.799. The second-order valence-electron chi connectivity index (χ2n) is 8.01. The van der Waals surface area contributed by atoms with Gasteiger partial charge in [0.05, 0.1) is 58.3 Å². The second kappa shape index (κ2) is 22.9. The number of esters is 4. The van der Waals surface area contributed by atoms with Gasteiger partial charge in [-0.1, -0.05) is 27.7 Å². The largest absolute Gasteiger partial charge is 0.463 e. The number of carbonyl (C=O) groups excluding carboxylic acids is 4. The van der Waals surface area contributed by atoms with E-state index in [1.165, 1.54) is 0 Å². The summed E-state index contributed by atoms with van der Waals surface area (Å²) in [5.74, 6) is -1.30. The Labute approximate surface area is 219 Å². The lowest BCUT2D eigenvalue weighted by Crippen LogP contribution is -2.43. The first-order valence-electron chi connectivity index (χ1n) is 12.8. The van der Waals surface area contributed by atoms with Crippen LogP contribution in [-0.2, 0) is 57.1 Å². The van der Waals surface area contributed by atoms with Gasteiger partial charge in [-0.25, -0.2) is 0 Å². The van der Waals surface area contributed by atoms with Gasteiger partial charge in [0.25, 0.3) is 0 Å². The summed E-state index contributed by atoms with van der Waals surface area (Å²) in [6, 6.07) is 0. The molecule has 12 heteroatoms. The number of rotatable bonds is 24. The summed E-state index contributed by atoms with van der Waals surface area (Å²) in [6.07, 6.45) is 1.08. The zero-order valence-electron chi connectivity index (χ0n) is 22.7. The fourth-order valence-corrected chi connectivity index (χ4v) is 2.67. The lowest BCUT2D eigenvalue weighted by molar-refractivity contribution is -0.151. The molecule has 0 atom stereocenters. The van der Waals surface area contributed by atoms with E-state index < -0.39 is 5.41 Å². The van der Waals surface area contributed by atoms with Crippen molar-refractivity contribution in [1.82, 2.24) is 0 Å². The van der Waals surface area contributed by atoms with E-state index in [0.717, 1.165) is 0 Å². The van der Waals surface area contributed by atoms with Crippen LogP contribution in [0.4, 0.5) is 0 Å². The van der Waals surface area contributed by atoms with Crippen LogP contribution in [0.3, 0.4) is 0 Å². The number of hydrogen-bond acceptors (Lipinski definition) is 12. The minimum Gasteiger partial charge on any atom is -0.463 e. The van der Waals surface area contributed by atoms with Crippen molar-refractivity contribution in [2.24, 2.45) is 5.41 Å². The third-order valence-corrected chi connectivity index (χ3v) is 4.75. The lowest BCUT2D eigenvalue weighted by atomic mass is 9.92. The molecular formula is C25H44O12. The van der Waals surface area contributed by atoms with E-state index in [-0.39, 0.29) is 129 Å². The Morgan fingerprint density at radius 1 is 0.405 bits per heavy atom. The number of carbonyl (C=O) groups is 4. The molecule has 0 fully saturated rings. The first-order valence-corrected chi connectivity index (χ1v) is 12.8. The smallest absolute Gasteiger partial charge is 0.305 e. The third kappa shape index (κ3) is 19.5. The zero-order valence-corrected chi connectivity index (χ0v) is 22.7. The molecule has 0 aliphatic heterocycles. The van der Waals surface area contributed by atoms with E-state index in [4.69, 9.17) is 37.9 Å². The molecule has 0 rings (SSSR count). The van der Waals surface area contributed by atoms with E-state index in [0.29, 0.717) is 0 Å². The highest BCUT2D eigenvalue weighted by atomic mass is 16.6. The van der Waals surface area contributed by atoms with Gasteiger partial charge in [0, 0.05) is 25.7 Å². The van der Waals surface area contributed by atoms with E-state index in [1.54, 1.807) is 27.7 Å². The molecule has 0 aliphatic rings. The van der Waals surface area contributed by atoms with Crippen molar-refractivity contribution in [3.05, 3.63) is 0 Å². The molecule has 0 unspecified atom stereocenters. The number of hydrogen-bond donors (Lipinski definition) is 0. The Kier molecular flexibility index (Phi) is 21.5. The summed E-state index contributed by atoms with van der Waals surface area (Å²) in [5.41, 5.74) is -0.799. The maximum Gasteiger partial charge on any atom is 0.305 e. The molecule has 0 heterocycles. The molecule has 0 aromatic carbocycles. The highest BCUT2D eigenvalue weighted by Gasteiger charge is 2.33. The zero-order chi connectivity index (χ0) is 27.8. The van der Waals surface area contributed by atoms with Gasteiger partial charge in [0.2, 0.25) is 0 Å². The first-order chi connectivity index (χ1) is 17.8. The molecule has 0 bridgehead atoms. The van der Waals surface area contributed by atoms with Gasteiger partial charge in [-0.3, -0.25) is 19.2 Å². The van der Waals surface area contributed by atoms with Crippen LogP contribution < -0.4 is 0 Å². The highest BCUT2D eigenvalue weighted by molar-refractivity contribution is 5.69. The molecule has 0 N–H and O–H groups in total. The molecule has 216 valence electrons. The van der Waals surface area contributed by atoms with Crippen molar-refractivity contribution in [3.63, 3.8) is 0 Å². The Balaban J connectivity index is 5.05. The predicted octanol–water partition coefficient (Wildman–Crippen LogP) is 1.85. The van der Waals surface area contributed by atoms with E-state index in [2.05, 4.69) is 0 Å². The molecule has 12 nitrogen and oxygen atoms in total. The SMILES string of the molecule is CCC(=O)OCCOCC(COCCOC(=O)CC)(COCCOC(=O)CC)COCCOC(=O)CC.